The van der Waals surface area contributed by atoms with Crippen LogP contribution in [0.15, 0.2) is 0 Å². The highest BCUT2D eigenvalue weighted by Gasteiger charge is 2.32. The molecule has 0 radical (unpaired) electrons. The first-order valence-corrected chi connectivity index (χ1v) is 9.26. The molecule has 1 rings (SSSR count). The number of benzene rings is 1. The van der Waals surface area contributed by atoms with Gasteiger partial charge < -0.3 is 24.8 Å². The summed E-state index contributed by atoms with van der Waals surface area (Å²) in [5, 5.41) is 29.3. The van der Waals surface area contributed by atoms with E-state index >= 15 is 0 Å². The standard InChI is InChI=1S/C20H30O7/c1-5-7-8-9-10-13-12(6-2)17(26-3)18(27-4)14(16(13)21)11-15(19(22)23)20(24)25/h15,21H,5-11H2,1-4H3,(H,22,23)(H,24,25). The van der Waals surface area contributed by atoms with Crippen LogP contribution in [0.1, 0.15) is 56.2 Å². The number of methoxy groups -OCH3 is 2. The van der Waals surface area contributed by atoms with Gasteiger partial charge in [0, 0.05) is 23.1 Å². The van der Waals surface area contributed by atoms with E-state index in [9.17, 15) is 24.9 Å². The number of unbranched alkanes of at least 4 members (excludes halogenated alkanes) is 3. The zero-order valence-corrected chi connectivity index (χ0v) is 16.5. The van der Waals surface area contributed by atoms with E-state index in [1.807, 2.05) is 6.92 Å². The quantitative estimate of drug-likeness (QED) is 0.375. The minimum atomic E-state index is -1.69. The van der Waals surface area contributed by atoms with Crippen molar-refractivity contribution in [2.75, 3.05) is 14.2 Å². The summed E-state index contributed by atoms with van der Waals surface area (Å²) >= 11 is 0. The van der Waals surface area contributed by atoms with Gasteiger partial charge in [0.05, 0.1) is 14.2 Å². The lowest BCUT2D eigenvalue weighted by molar-refractivity contribution is -0.154. The Labute approximate surface area is 159 Å². The summed E-state index contributed by atoms with van der Waals surface area (Å²) in [7, 11) is 2.86. The second kappa shape index (κ2) is 10.6. The fourth-order valence-corrected chi connectivity index (χ4v) is 3.32. The van der Waals surface area contributed by atoms with Gasteiger partial charge in [-0.15, -0.1) is 0 Å². The Kier molecular flexibility index (Phi) is 8.91. The summed E-state index contributed by atoms with van der Waals surface area (Å²) in [5.41, 5.74) is 1.64. The molecular formula is C20H30O7. The van der Waals surface area contributed by atoms with Gasteiger partial charge >= 0.3 is 11.9 Å². The van der Waals surface area contributed by atoms with E-state index < -0.39 is 17.9 Å². The van der Waals surface area contributed by atoms with E-state index in [1.165, 1.54) is 14.2 Å². The minimum Gasteiger partial charge on any atom is -0.507 e. The van der Waals surface area contributed by atoms with Crippen LogP contribution in [0.5, 0.6) is 17.2 Å². The zero-order chi connectivity index (χ0) is 20.6. The summed E-state index contributed by atoms with van der Waals surface area (Å²) in [6.45, 7) is 4.05. The molecule has 0 heterocycles. The Morgan fingerprint density at radius 3 is 1.89 bits per heavy atom. The number of ether oxygens (including phenoxy) is 2. The van der Waals surface area contributed by atoms with Crippen molar-refractivity contribution in [3.8, 4) is 17.2 Å². The van der Waals surface area contributed by atoms with E-state index in [2.05, 4.69) is 6.92 Å². The molecule has 0 bridgehead atoms. The molecule has 152 valence electrons. The Hall–Kier alpha value is -2.44. The van der Waals surface area contributed by atoms with Crippen LogP contribution in [0.25, 0.3) is 0 Å². The number of hydrogen-bond acceptors (Lipinski definition) is 5. The average Bonchev–Trinajstić information content (AvgIpc) is 2.63. The van der Waals surface area contributed by atoms with Gasteiger partial charge in [-0.3, -0.25) is 9.59 Å². The number of aromatic hydroxyl groups is 1. The SMILES string of the molecule is CCCCCCc1c(O)c(CC(C(=O)O)C(=O)O)c(OC)c(OC)c1CC. The first-order chi connectivity index (χ1) is 12.8. The van der Waals surface area contributed by atoms with Crippen molar-refractivity contribution in [3.05, 3.63) is 16.7 Å². The largest absolute Gasteiger partial charge is 0.507 e. The van der Waals surface area contributed by atoms with Gasteiger partial charge in [0.25, 0.3) is 0 Å². The van der Waals surface area contributed by atoms with Gasteiger partial charge in [-0.2, -0.15) is 0 Å². The lowest BCUT2D eigenvalue weighted by Crippen LogP contribution is -2.26. The van der Waals surface area contributed by atoms with Crippen LogP contribution in [0.3, 0.4) is 0 Å². The number of rotatable bonds is 12. The van der Waals surface area contributed by atoms with Gasteiger partial charge in [0.15, 0.2) is 17.4 Å². The maximum atomic E-state index is 11.3. The summed E-state index contributed by atoms with van der Waals surface area (Å²) in [6.07, 6.45) is 4.86. The van der Waals surface area contributed by atoms with Crippen molar-refractivity contribution in [1.82, 2.24) is 0 Å². The fourth-order valence-electron chi connectivity index (χ4n) is 3.32. The van der Waals surface area contributed by atoms with E-state index in [0.29, 0.717) is 24.2 Å². The molecule has 0 aromatic heterocycles. The second-order valence-electron chi connectivity index (χ2n) is 6.45. The highest BCUT2D eigenvalue weighted by molar-refractivity contribution is 5.93. The first-order valence-electron chi connectivity index (χ1n) is 9.26. The molecule has 0 unspecified atom stereocenters. The average molecular weight is 382 g/mol. The zero-order valence-electron chi connectivity index (χ0n) is 16.5. The normalized spacial score (nSPS) is 10.9. The Morgan fingerprint density at radius 2 is 1.44 bits per heavy atom. The van der Waals surface area contributed by atoms with Crippen LogP contribution in [-0.2, 0) is 28.9 Å². The van der Waals surface area contributed by atoms with Gasteiger partial charge in [0.2, 0.25) is 0 Å². The number of carbonyl (C=O) groups is 2. The molecule has 7 nitrogen and oxygen atoms in total. The first kappa shape index (κ1) is 22.6. The summed E-state index contributed by atoms with van der Waals surface area (Å²) < 4.78 is 10.9. The summed E-state index contributed by atoms with van der Waals surface area (Å²) in [5.74, 6) is -4.09. The van der Waals surface area contributed by atoms with Crippen LogP contribution in [0.2, 0.25) is 0 Å². The summed E-state index contributed by atoms with van der Waals surface area (Å²) in [6, 6.07) is 0. The molecule has 1 aromatic rings. The molecule has 0 amide bonds. The Bertz CT molecular complexity index is 653. The highest BCUT2D eigenvalue weighted by Crippen LogP contribution is 2.45. The van der Waals surface area contributed by atoms with Gasteiger partial charge in [-0.25, -0.2) is 0 Å². The van der Waals surface area contributed by atoms with Crippen molar-refractivity contribution >= 4 is 11.9 Å². The Balaban J connectivity index is 3.50. The van der Waals surface area contributed by atoms with Crippen LogP contribution in [0.4, 0.5) is 0 Å². The third kappa shape index (κ3) is 5.28. The smallest absolute Gasteiger partial charge is 0.318 e. The van der Waals surface area contributed by atoms with Crippen molar-refractivity contribution in [2.45, 2.75) is 58.8 Å². The predicted octanol–water partition coefficient (Wildman–Crippen LogP) is 3.42. The number of carboxylic acid groups (broad SMARTS) is 2. The maximum Gasteiger partial charge on any atom is 0.318 e. The molecular weight excluding hydrogens is 352 g/mol. The lowest BCUT2D eigenvalue weighted by Gasteiger charge is -2.22. The van der Waals surface area contributed by atoms with Crippen molar-refractivity contribution in [2.24, 2.45) is 5.92 Å². The topological polar surface area (TPSA) is 113 Å². The van der Waals surface area contributed by atoms with Crippen molar-refractivity contribution in [1.29, 1.82) is 0 Å². The summed E-state index contributed by atoms with van der Waals surface area (Å²) in [4.78, 5) is 22.7. The van der Waals surface area contributed by atoms with Crippen LogP contribution >= 0.6 is 0 Å². The monoisotopic (exact) mass is 382 g/mol. The molecule has 0 aliphatic carbocycles. The maximum absolute atomic E-state index is 11.3. The number of carboxylic acids is 2. The number of phenolic OH excluding ortho intramolecular Hbond substituents is 1. The Morgan fingerprint density at radius 1 is 0.889 bits per heavy atom. The van der Waals surface area contributed by atoms with E-state index in [0.717, 1.165) is 31.2 Å². The van der Waals surface area contributed by atoms with E-state index in [-0.39, 0.29) is 23.5 Å². The van der Waals surface area contributed by atoms with E-state index in [1.54, 1.807) is 0 Å². The number of hydrogen-bond donors (Lipinski definition) is 3. The van der Waals surface area contributed by atoms with Crippen LogP contribution in [0, 0.1) is 5.92 Å². The van der Waals surface area contributed by atoms with Crippen molar-refractivity contribution in [3.63, 3.8) is 0 Å². The molecule has 7 heteroatoms. The lowest BCUT2D eigenvalue weighted by atomic mass is 9.89. The third-order valence-corrected chi connectivity index (χ3v) is 4.74. The highest BCUT2D eigenvalue weighted by atomic mass is 16.5. The molecule has 3 N–H and O–H groups in total. The van der Waals surface area contributed by atoms with Gasteiger partial charge in [-0.1, -0.05) is 33.1 Å². The molecule has 0 saturated carbocycles. The number of phenols is 1. The van der Waals surface area contributed by atoms with Crippen LogP contribution < -0.4 is 9.47 Å². The third-order valence-electron chi connectivity index (χ3n) is 4.74. The van der Waals surface area contributed by atoms with E-state index in [4.69, 9.17) is 9.47 Å². The molecule has 0 saturated heterocycles. The molecule has 0 atom stereocenters. The predicted molar refractivity (Wildman–Crippen MR) is 101 cm³/mol. The molecule has 0 spiro atoms. The molecule has 0 fully saturated rings. The second-order valence-corrected chi connectivity index (χ2v) is 6.45. The molecule has 27 heavy (non-hydrogen) atoms. The fraction of sp³-hybridized carbons (Fsp3) is 0.600. The number of aliphatic carboxylic acids is 2. The van der Waals surface area contributed by atoms with Crippen LogP contribution in [-0.4, -0.2) is 41.5 Å². The van der Waals surface area contributed by atoms with Gasteiger partial charge in [-0.05, 0) is 19.3 Å². The minimum absolute atomic E-state index is 0.0894. The molecule has 1 aromatic carbocycles. The molecule has 0 aliphatic rings. The van der Waals surface area contributed by atoms with Gasteiger partial charge in [0.1, 0.15) is 5.75 Å². The van der Waals surface area contributed by atoms with Crippen molar-refractivity contribution < 1.29 is 34.4 Å². The molecule has 0 aliphatic heterocycles.